The summed E-state index contributed by atoms with van der Waals surface area (Å²) in [4.78, 5) is 11.2. The van der Waals surface area contributed by atoms with E-state index in [0.717, 1.165) is 5.56 Å². The SMILES string of the molecule is NC(=O)c1c(C(F)(F)F)n[nH]c1Cc1ccccc1.O=S(=O)(O)O. The van der Waals surface area contributed by atoms with E-state index in [1.807, 2.05) is 0 Å². The van der Waals surface area contributed by atoms with Crippen molar-refractivity contribution in [3.05, 3.63) is 52.8 Å². The van der Waals surface area contributed by atoms with Gasteiger partial charge in [-0.05, 0) is 5.56 Å². The van der Waals surface area contributed by atoms with Gasteiger partial charge in [0.1, 0.15) is 0 Å². The monoisotopic (exact) mass is 367 g/mol. The number of amides is 1. The molecule has 1 amide bonds. The summed E-state index contributed by atoms with van der Waals surface area (Å²) in [5.74, 6) is -1.15. The summed E-state index contributed by atoms with van der Waals surface area (Å²) in [6.45, 7) is 0. The zero-order valence-corrected chi connectivity index (χ0v) is 12.6. The molecule has 0 saturated heterocycles. The van der Waals surface area contributed by atoms with Crippen molar-refractivity contribution in [3.63, 3.8) is 0 Å². The summed E-state index contributed by atoms with van der Waals surface area (Å²) >= 11 is 0. The van der Waals surface area contributed by atoms with Gasteiger partial charge < -0.3 is 5.73 Å². The zero-order chi connectivity index (χ0) is 18.5. The van der Waals surface area contributed by atoms with Crippen molar-refractivity contribution in [1.29, 1.82) is 0 Å². The number of aromatic nitrogens is 2. The minimum absolute atomic E-state index is 0.0611. The van der Waals surface area contributed by atoms with E-state index in [1.165, 1.54) is 0 Å². The Morgan fingerprint density at radius 2 is 1.71 bits per heavy atom. The first kappa shape index (κ1) is 19.6. The lowest BCUT2D eigenvalue weighted by Gasteiger charge is -2.05. The van der Waals surface area contributed by atoms with Crippen molar-refractivity contribution < 1.29 is 35.5 Å². The topological polar surface area (TPSA) is 146 Å². The normalized spacial score (nSPS) is 11.5. The molecule has 0 aliphatic carbocycles. The largest absolute Gasteiger partial charge is 0.435 e. The fraction of sp³-hybridized carbons (Fsp3) is 0.167. The van der Waals surface area contributed by atoms with Gasteiger partial charge in [0, 0.05) is 6.42 Å². The molecule has 8 nitrogen and oxygen atoms in total. The minimum atomic E-state index is -4.71. The number of H-pyrrole nitrogens is 1. The molecule has 1 heterocycles. The Morgan fingerprint density at radius 3 is 2.12 bits per heavy atom. The summed E-state index contributed by atoms with van der Waals surface area (Å²) < 4.78 is 69.6. The van der Waals surface area contributed by atoms with Crippen molar-refractivity contribution in [1.82, 2.24) is 10.2 Å². The van der Waals surface area contributed by atoms with Crippen LogP contribution in [0, 0.1) is 0 Å². The van der Waals surface area contributed by atoms with Gasteiger partial charge in [0.05, 0.1) is 11.3 Å². The average molecular weight is 367 g/mol. The number of primary amides is 1. The number of carbonyl (C=O) groups excluding carboxylic acids is 1. The van der Waals surface area contributed by atoms with Crippen LogP contribution >= 0.6 is 0 Å². The Bertz CT molecular complexity index is 795. The van der Waals surface area contributed by atoms with Gasteiger partial charge in [-0.3, -0.25) is 19.0 Å². The highest BCUT2D eigenvalue weighted by atomic mass is 32.3. The maximum Gasteiger partial charge on any atom is 0.435 e. The molecule has 0 aliphatic rings. The van der Waals surface area contributed by atoms with Crippen molar-refractivity contribution in [2.45, 2.75) is 12.6 Å². The van der Waals surface area contributed by atoms with Crippen LogP contribution < -0.4 is 5.73 Å². The lowest BCUT2D eigenvalue weighted by atomic mass is 10.0. The molecule has 0 aliphatic heterocycles. The van der Waals surface area contributed by atoms with E-state index in [4.69, 9.17) is 23.3 Å². The number of nitrogens with two attached hydrogens (primary N) is 1. The molecule has 0 saturated carbocycles. The van der Waals surface area contributed by atoms with Gasteiger partial charge in [-0.15, -0.1) is 0 Å². The molecule has 0 radical (unpaired) electrons. The third-order valence-corrected chi connectivity index (χ3v) is 2.58. The van der Waals surface area contributed by atoms with Crippen molar-refractivity contribution in [2.75, 3.05) is 0 Å². The van der Waals surface area contributed by atoms with E-state index in [2.05, 4.69) is 10.2 Å². The number of hydrogen-bond acceptors (Lipinski definition) is 4. The van der Waals surface area contributed by atoms with E-state index in [9.17, 15) is 18.0 Å². The Balaban J connectivity index is 0.000000505. The number of carbonyl (C=O) groups is 1. The van der Waals surface area contributed by atoms with E-state index < -0.39 is 33.7 Å². The fourth-order valence-electron chi connectivity index (χ4n) is 1.78. The number of rotatable bonds is 3. The van der Waals surface area contributed by atoms with Gasteiger partial charge in [-0.2, -0.15) is 26.7 Å². The zero-order valence-electron chi connectivity index (χ0n) is 11.8. The van der Waals surface area contributed by atoms with Crippen LogP contribution in [0.1, 0.15) is 27.3 Å². The van der Waals surface area contributed by atoms with Crippen molar-refractivity contribution >= 4 is 16.3 Å². The molecule has 0 fully saturated rings. The van der Waals surface area contributed by atoms with Crippen LogP contribution in [0.2, 0.25) is 0 Å². The van der Waals surface area contributed by atoms with Gasteiger partial charge >= 0.3 is 16.6 Å². The van der Waals surface area contributed by atoms with Crippen LogP contribution in [0.25, 0.3) is 0 Å². The number of aromatic amines is 1. The average Bonchev–Trinajstić information content (AvgIpc) is 2.81. The first-order valence-electron chi connectivity index (χ1n) is 6.07. The van der Waals surface area contributed by atoms with E-state index >= 15 is 0 Å². The van der Waals surface area contributed by atoms with Crippen LogP contribution in [0.15, 0.2) is 30.3 Å². The van der Waals surface area contributed by atoms with Crippen LogP contribution in [-0.2, 0) is 23.0 Å². The molecule has 1 aromatic carbocycles. The number of hydrogen-bond donors (Lipinski definition) is 4. The number of nitrogens with zero attached hydrogens (tertiary/aromatic N) is 1. The first-order chi connectivity index (χ1) is 10.9. The summed E-state index contributed by atoms with van der Waals surface area (Å²) in [5, 5.41) is 5.39. The fourth-order valence-corrected chi connectivity index (χ4v) is 1.78. The summed E-state index contributed by atoms with van der Waals surface area (Å²) in [6, 6.07) is 8.75. The van der Waals surface area contributed by atoms with E-state index in [-0.39, 0.29) is 12.1 Å². The van der Waals surface area contributed by atoms with Gasteiger partial charge in [-0.25, -0.2) is 0 Å². The number of alkyl halides is 3. The number of benzene rings is 1. The van der Waals surface area contributed by atoms with Gasteiger partial charge in [0.15, 0.2) is 5.69 Å². The Kier molecular flexibility index (Phi) is 6.06. The molecular formula is C12H12F3N3O5S. The smallest absolute Gasteiger partial charge is 0.365 e. The third kappa shape index (κ3) is 6.36. The molecule has 2 rings (SSSR count). The van der Waals surface area contributed by atoms with Crippen molar-refractivity contribution in [2.24, 2.45) is 5.73 Å². The highest BCUT2D eigenvalue weighted by Crippen LogP contribution is 2.31. The van der Waals surface area contributed by atoms with Crippen LogP contribution in [0.4, 0.5) is 13.2 Å². The maximum atomic E-state index is 12.7. The van der Waals surface area contributed by atoms with Gasteiger partial charge in [0.2, 0.25) is 0 Å². The van der Waals surface area contributed by atoms with E-state index in [1.54, 1.807) is 30.3 Å². The minimum Gasteiger partial charge on any atom is -0.365 e. The maximum absolute atomic E-state index is 12.7. The molecule has 0 atom stereocenters. The predicted molar refractivity (Wildman–Crippen MR) is 75.5 cm³/mol. The molecule has 2 aromatic rings. The highest BCUT2D eigenvalue weighted by Gasteiger charge is 2.39. The standard InChI is InChI=1S/C12H10F3N3O.H2O4S/c13-12(14,15)10-9(11(16)19)8(17-18-10)6-7-4-2-1-3-5-7;1-5(2,3)4/h1-5H,6H2,(H2,16,19)(H,17,18);(H2,1,2,3,4). The lowest BCUT2D eigenvalue weighted by molar-refractivity contribution is -0.141. The molecule has 12 heteroatoms. The van der Waals surface area contributed by atoms with Crippen LogP contribution in [0.3, 0.4) is 0 Å². The Morgan fingerprint density at radius 1 is 1.21 bits per heavy atom. The summed E-state index contributed by atoms with van der Waals surface area (Å²) in [7, 11) is -4.67. The molecule has 0 bridgehead atoms. The lowest BCUT2D eigenvalue weighted by Crippen LogP contribution is -2.19. The molecule has 1 aromatic heterocycles. The Labute approximate surface area is 134 Å². The molecule has 5 N–H and O–H groups in total. The molecule has 0 spiro atoms. The second-order valence-corrected chi connectivity index (χ2v) is 5.29. The van der Waals surface area contributed by atoms with Crippen LogP contribution in [0.5, 0.6) is 0 Å². The van der Waals surface area contributed by atoms with Gasteiger partial charge in [0.25, 0.3) is 5.91 Å². The second-order valence-electron chi connectivity index (χ2n) is 4.40. The van der Waals surface area contributed by atoms with E-state index in [0.29, 0.717) is 0 Å². The quantitative estimate of drug-likeness (QED) is 0.604. The molecular weight excluding hydrogens is 355 g/mol. The molecule has 0 unspecified atom stereocenters. The number of halogens is 3. The molecule has 24 heavy (non-hydrogen) atoms. The van der Waals surface area contributed by atoms with Crippen molar-refractivity contribution in [3.8, 4) is 0 Å². The first-order valence-corrected chi connectivity index (χ1v) is 7.47. The predicted octanol–water partition coefficient (Wildman–Crippen LogP) is 1.47. The highest BCUT2D eigenvalue weighted by molar-refractivity contribution is 7.79. The summed E-state index contributed by atoms with van der Waals surface area (Å²) in [6.07, 6.45) is -4.59. The van der Waals surface area contributed by atoms with Crippen LogP contribution in [-0.4, -0.2) is 33.6 Å². The van der Waals surface area contributed by atoms with Gasteiger partial charge in [-0.1, -0.05) is 30.3 Å². The number of nitrogens with one attached hydrogen (secondary N) is 1. The Hall–Kier alpha value is -2.44. The third-order valence-electron chi connectivity index (χ3n) is 2.58. The molecule has 132 valence electrons. The summed E-state index contributed by atoms with van der Waals surface area (Å²) in [5.41, 5.74) is 3.95. The second kappa shape index (κ2) is 7.42.